The van der Waals surface area contributed by atoms with Crippen LogP contribution in [0.15, 0.2) is 22.7 Å². The smallest absolute Gasteiger partial charge is 0.0637 e. The molecule has 0 amide bonds. The molecule has 0 saturated carbocycles. The van der Waals surface area contributed by atoms with E-state index in [1.165, 1.54) is 11.3 Å². The molecule has 0 radical (unpaired) electrons. The Morgan fingerprint density at radius 3 is 2.71 bits per heavy atom. The molecule has 1 rings (SSSR count). The third-order valence-electron chi connectivity index (χ3n) is 2.77. The van der Waals surface area contributed by atoms with Crippen LogP contribution in [0.1, 0.15) is 25.5 Å². The zero-order valence-corrected chi connectivity index (χ0v) is 12.3. The average Bonchev–Trinajstić information content (AvgIpc) is 2.29. The predicted octanol–water partition coefficient (Wildman–Crippen LogP) is 2.94. The first-order valence-electron chi connectivity index (χ1n) is 5.89. The topological polar surface area (TPSA) is 38.5 Å². The standard InChI is InChI=1S/C13H21BrN2O/c1-4-16(7-8-17-3)13-9-11(14)5-6-12(13)10(2)15/h5-6,9-10H,4,7-8,15H2,1-3H3. The Kier molecular flexibility index (Phi) is 5.95. The quantitative estimate of drug-likeness (QED) is 0.878. The van der Waals surface area contributed by atoms with Gasteiger partial charge in [0.25, 0.3) is 0 Å². The summed E-state index contributed by atoms with van der Waals surface area (Å²) in [5, 5.41) is 0. The zero-order chi connectivity index (χ0) is 12.8. The van der Waals surface area contributed by atoms with Gasteiger partial charge in [0.1, 0.15) is 0 Å². The summed E-state index contributed by atoms with van der Waals surface area (Å²) in [6.45, 7) is 6.69. The first-order chi connectivity index (χ1) is 8.10. The van der Waals surface area contributed by atoms with Gasteiger partial charge in [0.2, 0.25) is 0 Å². The summed E-state index contributed by atoms with van der Waals surface area (Å²) in [4.78, 5) is 2.28. The molecule has 1 aromatic rings. The van der Waals surface area contributed by atoms with Crippen LogP contribution >= 0.6 is 15.9 Å². The minimum atomic E-state index is 0.0368. The lowest BCUT2D eigenvalue weighted by molar-refractivity contribution is 0.205. The van der Waals surface area contributed by atoms with Crippen LogP contribution in [-0.2, 0) is 4.74 Å². The van der Waals surface area contributed by atoms with E-state index in [2.05, 4.69) is 39.9 Å². The van der Waals surface area contributed by atoms with Gasteiger partial charge in [-0.2, -0.15) is 0 Å². The molecule has 2 N–H and O–H groups in total. The summed E-state index contributed by atoms with van der Waals surface area (Å²) in [7, 11) is 1.72. The minimum absolute atomic E-state index is 0.0368. The number of nitrogens with two attached hydrogens (primary N) is 1. The molecule has 4 heteroatoms. The summed E-state index contributed by atoms with van der Waals surface area (Å²) in [5.74, 6) is 0. The van der Waals surface area contributed by atoms with Crippen LogP contribution in [0.5, 0.6) is 0 Å². The third-order valence-corrected chi connectivity index (χ3v) is 3.26. The number of hydrogen-bond acceptors (Lipinski definition) is 3. The number of methoxy groups -OCH3 is 1. The van der Waals surface area contributed by atoms with Crippen molar-refractivity contribution < 1.29 is 4.74 Å². The Hall–Kier alpha value is -0.580. The second-order valence-electron chi connectivity index (χ2n) is 4.06. The number of ether oxygens (including phenoxy) is 1. The molecule has 0 spiro atoms. The van der Waals surface area contributed by atoms with Crippen molar-refractivity contribution in [3.8, 4) is 0 Å². The predicted molar refractivity (Wildman–Crippen MR) is 76.5 cm³/mol. The minimum Gasteiger partial charge on any atom is -0.383 e. The maximum Gasteiger partial charge on any atom is 0.0637 e. The Labute approximate surface area is 112 Å². The fourth-order valence-corrected chi connectivity index (χ4v) is 2.18. The number of anilines is 1. The van der Waals surface area contributed by atoms with Crippen molar-refractivity contribution >= 4 is 21.6 Å². The van der Waals surface area contributed by atoms with E-state index in [4.69, 9.17) is 10.5 Å². The highest BCUT2D eigenvalue weighted by atomic mass is 79.9. The molecule has 0 heterocycles. The van der Waals surface area contributed by atoms with Crippen molar-refractivity contribution in [3.05, 3.63) is 28.2 Å². The Bertz CT molecular complexity index is 355. The number of likely N-dealkylation sites (N-methyl/N-ethyl adjacent to an activating group) is 1. The van der Waals surface area contributed by atoms with Crippen LogP contribution in [-0.4, -0.2) is 26.8 Å². The van der Waals surface area contributed by atoms with Gasteiger partial charge in [-0.15, -0.1) is 0 Å². The van der Waals surface area contributed by atoms with E-state index in [9.17, 15) is 0 Å². The Morgan fingerprint density at radius 1 is 1.47 bits per heavy atom. The Morgan fingerprint density at radius 2 is 2.18 bits per heavy atom. The van der Waals surface area contributed by atoms with Crippen LogP contribution in [0.3, 0.4) is 0 Å². The lowest BCUT2D eigenvalue weighted by Crippen LogP contribution is -2.28. The summed E-state index contributed by atoms with van der Waals surface area (Å²) in [6.07, 6.45) is 0. The van der Waals surface area contributed by atoms with Gasteiger partial charge in [-0.25, -0.2) is 0 Å². The molecule has 1 aromatic carbocycles. The van der Waals surface area contributed by atoms with E-state index >= 15 is 0 Å². The van der Waals surface area contributed by atoms with Crippen LogP contribution in [0, 0.1) is 0 Å². The average molecular weight is 301 g/mol. The van der Waals surface area contributed by atoms with Crippen molar-refractivity contribution in [3.63, 3.8) is 0 Å². The van der Waals surface area contributed by atoms with E-state index in [0.717, 1.165) is 24.2 Å². The molecule has 3 nitrogen and oxygen atoms in total. The van der Waals surface area contributed by atoms with Crippen molar-refractivity contribution in [1.82, 2.24) is 0 Å². The molecule has 96 valence electrons. The SMILES string of the molecule is CCN(CCOC)c1cc(Br)ccc1C(C)N. The summed E-state index contributed by atoms with van der Waals surface area (Å²) in [5.41, 5.74) is 8.37. The van der Waals surface area contributed by atoms with Gasteiger partial charge in [-0.05, 0) is 31.5 Å². The van der Waals surface area contributed by atoms with Gasteiger partial charge in [0.05, 0.1) is 6.61 Å². The molecule has 0 saturated heterocycles. The van der Waals surface area contributed by atoms with E-state index < -0.39 is 0 Å². The van der Waals surface area contributed by atoms with Gasteiger partial charge in [-0.1, -0.05) is 22.0 Å². The molecule has 0 aliphatic carbocycles. The van der Waals surface area contributed by atoms with Gasteiger partial charge < -0.3 is 15.4 Å². The van der Waals surface area contributed by atoms with E-state index in [0.29, 0.717) is 0 Å². The van der Waals surface area contributed by atoms with Crippen LogP contribution in [0.2, 0.25) is 0 Å². The number of rotatable bonds is 6. The molecule has 0 fully saturated rings. The maximum atomic E-state index is 6.01. The van der Waals surface area contributed by atoms with Gasteiger partial charge in [-0.3, -0.25) is 0 Å². The number of hydrogen-bond donors (Lipinski definition) is 1. The van der Waals surface area contributed by atoms with E-state index in [1.54, 1.807) is 7.11 Å². The summed E-state index contributed by atoms with van der Waals surface area (Å²) >= 11 is 3.51. The molecular formula is C13H21BrN2O. The normalized spacial score (nSPS) is 12.5. The molecule has 17 heavy (non-hydrogen) atoms. The molecule has 0 aliphatic rings. The van der Waals surface area contributed by atoms with Crippen LogP contribution in [0.25, 0.3) is 0 Å². The molecule has 0 aromatic heterocycles. The van der Waals surface area contributed by atoms with Gasteiger partial charge in [0.15, 0.2) is 0 Å². The molecular weight excluding hydrogens is 280 g/mol. The lowest BCUT2D eigenvalue weighted by Gasteiger charge is -2.27. The van der Waals surface area contributed by atoms with Crippen molar-refractivity contribution in [1.29, 1.82) is 0 Å². The Balaban J connectivity index is 3.02. The molecule has 0 bridgehead atoms. The zero-order valence-electron chi connectivity index (χ0n) is 10.7. The molecule has 0 aliphatic heterocycles. The third kappa shape index (κ3) is 3.98. The second-order valence-corrected chi connectivity index (χ2v) is 4.98. The van der Waals surface area contributed by atoms with E-state index in [1.807, 2.05) is 13.0 Å². The highest BCUT2D eigenvalue weighted by Crippen LogP contribution is 2.28. The van der Waals surface area contributed by atoms with Crippen LogP contribution < -0.4 is 10.6 Å². The van der Waals surface area contributed by atoms with Gasteiger partial charge in [0, 0.05) is 36.4 Å². The first-order valence-corrected chi connectivity index (χ1v) is 6.68. The largest absolute Gasteiger partial charge is 0.383 e. The van der Waals surface area contributed by atoms with Crippen LogP contribution in [0.4, 0.5) is 5.69 Å². The van der Waals surface area contributed by atoms with E-state index in [-0.39, 0.29) is 6.04 Å². The maximum absolute atomic E-state index is 6.01. The van der Waals surface area contributed by atoms with Crippen molar-refractivity contribution in [2.75, 3.05) is 31.7 Å². The molecule has 1 unspecified atom stereocenters. The first kappa shape index (κ1) is 14.5. The highest BCUT2D eigenvalue weighted by Gasteiger charge is 2.12. The fraction of sp³-hybridized carbons (Fsp3) is 0.538. The number of benzene rings is 1. The van der Waals surface area contributed by atoms with Crippen molar-refractivity contribution in [2.24, 2.45) is 5.73 Å². The highest BCUT2D eigenvalue weighted by molar-refractivity contribution is 9.10. The lowest BCUT2D eigenvalue weighted by atomic mass is 10.1. The van der Waals surface area contributed by atoms with Gasteiger partial charge >= 0.3 is 0 Å². The summed E-state index contributed by atoms with van der Waals surface area (Å²) < 4.78 is 6.22. The second kappa shape index (κ2) is 6.99. The van der Waals surface area contributed by atoms with Crippen molar-refractivity contribution in [2.45, 2.75) is 19.9 Å². The number of nitrogens with zero attached hydrogens (tertiary/aromatic N) is 1. The number of halogens is 1. The molecule has 1 atom stereocenters. The monoisotopic (exact) mass is 300 g/mol. The fourth-order valence-electron chi connectivity index (χ4n) is 1.83. The summed E-state index contributed by atoms with van der Waals surface area (Å²) in [6, 6.07) is 6.28.